The highest BCUT2D eigenvalue weighted by atomic mass is 35.5. The van der Waals surface area contributed by atoms with Gasteiger partial charge in [-0.2, -0.15) is 0 Å². The summed E-state index contributed by atoms with van der Waals surface area (Å²) in [5, 5.41) is 9.77. The molecule has 1 aliphatic rings. The van der Waals surface area contributed by atoms with Gasteiger partial charge in [0.1, 0.15) is 5.75 Å². The predicted molar refractivity (Wildman–Crippen MR) is 85.3 cm³/mol. The minimum absolute atomic E-state index is 0.0265. The number of nitrogens with zero attached hydrogens (tertiary/aromatic N) is 1. The fourth-order valence-corrected chi connectivity index (χ4v) is 2.62. The average Bonchev–Trinajstić information content (AvgIpc) is 2.58. The Hall–Kier alpha value is -2.04. The third-order valence-electron chi connectivity index (χ3n) is 3.71. The maximum Gasteiger partial charge on any atom is 0.254 e. The van der Waals surface area contributed by atoms with Crippen LogP contribution in [0.3, 0.4) is 0 Å². The van der Waals surface area contributed by atoms with E-state index in [0.29, 0.717) is 36.9 Å². The van der Waals surface area contributed by atoms with E-state index < -0.39 is 0 Å². The van der Waals surface area contributed by atoms with E-state index >= 15 is 0 Å². The van der Waals surface area contributed by atoms with Gasteiger partial charge in [0.15, 0.2) is 0 Å². The molecule has 2 aromatic carbocycles. The lowest BCUT2D eigenvalue weighted by molar-refractivity contribution is 0.0303. The molecule has 1 saturated heterocycles. The second kappa shape index (κ2) is 6.38. The van der Waals surface area contributed by atoms with Gasteiger partial charge in [-0.15, -0.1) is 0 Å². The fraction of sp³-hybridized carbons (Fsp3) is 0.235. The number of hydrogen-bond donors (Lipinski definition) is 1. The summed E-state index contributed by atoms with van der Waals surface area (Å²) in [5.74, 6) is 0.0862. The smallest absolute Gasteiger partial charge is 0.254 e. The summed E-state index contributed by atoms with van der Waals surface area (Å²) >= 11 is 5.92. The summed E-state index contributed by atoms with van der Waals surface area (Å²) in [6.07, 6.45) is 0. The Balaban J connectivity index is 1.79. The van der Waals surface area contributed by atoms with Crippen LogP contribution >= 0.6 is 11.6 Å². The molecule has 0 spiro atoms. The summed E-state index contributed by atoms with van der Waals surface area (Å²) in [6.45, 7) is 2.45. The molecule has 3 rings (SSSR count). The summed E-state index contributed by atoms with van der Waals surface area (Å²) in [4.78, 5) is 14.2. The minimum atomic E-state index is 0.0265. The number of carbonyl (C=O) groups is 1. The van der Waals surface area contributed by atoms with E-state index in [1.54, 1.807) is 23.1 Å². The molecule has 5 heteroatoms. The van der Waals surface area contributed by atoms with Gasteiger partial charge in [0.05, 0.1) is 18.2 Å². The molecule has 4 nitrogen and oxygen atoms in total. The van der Waals surface area contributed by atoms with Gasteiger partial charge in [0.2, 0.25) is 0 Å². The molecule has 1 N–H and O–H groups in total. The number of benzene rings is 2. The van der Waals surface area contributed by atoms with Crippen molar-refractivity contribution in [3.8, 4) is 16.9 Å². The van der Waals surface area contributed by atoms with E-state index in [1.165, 1.54) is 0 Å². The van der Waals surface area contributed by atoms with Crippen molar-refractivity contribution in [2.24, 2.45) is 0 Å². The van der Waals surface area contributed by atoms with Crippen LogP contribution in [0.25, 0.3) is 11.1 Å². The molecular weight excluding hydrogens is 302 g/mol. The van der Waals surface area contributed by atoms with Gasteiger partial charge < -0.3 is 14.7 Å². The van der Waals surface area contributed by atoms with Crippen molar-refractivity contribution in [3.05, 3.63) is 53.1 Å². The van der Waals surface area contributed by atoms with Crippen LogP contribution in [0.1, 0.15) is 10.4 Å². The third-order valence-corrected chi connectivity index (χ3v) is 4.01. The standard InChI is InChI=1S/C17H16ClNO3/c18-15-11-14(5-6-16(15)20)12-1-3-13(4-2-12)17(21)19-7-9-22-10-8-19/h1-6,11,20H,7-10H2. The number of ether oxygens (including phenoxy) is 1. The van der Waals surface area contributed by atoms with E-state index in [2.05, 4.69) is 0 Å². The van der Waals surface area contributed by atoms with Gasteiger partial charge in [-0.25, -0.2) is 0 Å². The number of phenolic OH excluding ortho intramolecular Hbond substituents is 1. The maximum atomic E-state index is 12.4. The van der Waals surface area contributed by atoms with Crippen molar-refractivity contribution in [2.45, 2.75) is 0 Å². The topological polar surface area (TPSA) is 49.8 Å². The Morgan fingerprint density at radius 1 is 1.05 bits per heavy atom. The lowest BCUT2D eigenvalue weighted by Gasteiger charge is -2.26. The van der Waals surface area contributed by atoms with Crippen molar-refractivity contribution in [2.75, 3.05) is 26.3 Å². The van der Waals surface area contributed by atoms with E-state index in [0.717, 1.165) is 11.1 Å². The Labute approximate surface area is 133 Å². The van der Waals surface area contributed by atoms with Gasteiger partial charge >= 0.3 is 0 Å². The number of amides is 1. The molecule has 1 aliphatic heterocycles. The molecule has 22 heavy (non-hydrogen) atoms. The number of aromatic hydroxyl groups is 1. The lowest BCUT2D eigenvalue weighted by atomic mass is 10.0. The van der Waals surface area contributed by atoms with Crippen molar-refractivity contribution in [3.63, 3.8) is 0 Å². The zero-order valence-corrected chi connectivity index (χ0v) is 12.7. The zero-order chi connectivity index (χ0) is 15.5. The molecule has 1 fully saturated rings. The number of halogens is 1. The highest BCUT2D eigenvalue weighted by Gasteiger charge is 2.18. The first-order chi connectivity index (χ1) is 10.6. The Morgan fingerprint density at radius 3 is 2.32 bits per heavy atom. The van der Waals surface area contributed by atoms with Crippen LogP contribution in [0.15, 0.2) is 42.5 Å². The number of carbonyl (C=O) groups excluding carboxylic acids is 1. The molecule has 0 saturated carbocycles. The van der Waals surface area contributed by atoms with Crippen LogP contribution in [-0.4, -0.2) is 42.2 Å². The van der Waals surface area contributed by atoms with Crippen LogP contribution in [0.4, 0.5) is 0 Å². The van der Waals surface area contributed by atoms with Crippen LogP contribution in [0.2, 0.25) is 5.02 Å². The lowest BCUT2D eigenvalue weighted by Crippen LogP contribution is -2.40. The van der Waals surface area contributed by atoms with Gasteiger partial charge in [0, 0.05) is 18.7 Å². The first kappa shape index (κ1) is 14.9. The van der Waals surface area contributed by atoms with E-state index in [1.807, 2.05) is 24.3 Å². The Bertz CT molecular complexity index is 679. The molecule has 114 valence electrons. The molecule has 0 bridgehead atoms. The Kier molecular flexibility index (Phi) is 4.32. The zero-order valence-electron chi connectivity index (χ0n) is 12.0. The molecule has 0 aromatic heterocycles. The highest BCUT2D eigenvalue weighted by molar-refractivity contribution is 6.32. The molecule has 1 amide bonds. The fourth-order valence-electron chi connectivity index (χ4n) is 2.44. The molecular formula is C17H16ClNO3. The SMILES string of the molecule is O=C(c1ccc(-c2ccc(O)c(Cl)c2)cc1)N1CCOCC1. The van der Waals surface area contributed by atoms with Gasteiger partial charge in [-0.1, -0.05) is 29.8 Å². The number of phenols is 1. The third kappa shape index (κ3) is 3.08. The first-order valence-electron chi connectivity index (χ1n) is 7.11. The molecule has 2 aromatic rings. The Morgan fingerprint density at radius 2 is 1.68 bits per heavy atom. The molecule has 0 unspecified atom stereocenters. The van der Waals surface area contributed by atoms with Gasteiger partial charge in [0.25, 0.3) is 5.91 Å². The summed E-state index contributed by atoms with van der Waals surface area (Å²) in [6, 6.07) is 12.5. The first-order valence-corrected chi connectivity index (χ1v) is 7.49. The molecule has 0 aliphatic carbocycles. The highest BCUT2D eigenvalue weighted by Crippen LogP contribution is 2.29. The van der Waals surface area contributed by atoms with E-state index in [9.17, 15) is 9.90 Å². The number of hydrogen-bond acceptors (Lipinski definition) is 3. The molecule has 1 heterocycles. The maximum absolute atomic E-state index is 12.4. The summed E-state index contributed by atoms with van der Waals surface area (Å²) in [5.41, 5.74) is 2.50. The summed E-state index contributed by atoms with van der Waals surface area (Å²) in [7, 11) is 0. The minimum Gasteiger partial charge on any atom is -0.506 e. The van der Waals surface area contributed by atoms with Crippen molar-refractivity contribution < 1.29 is 14.6 Å². The molecule has 0 atom stereocenters. The van der Waals surface area contributed by atoms with Crippen LogP contribution in [-0.2, 0) is 4.74 Å². The number of rotatable bonds is 2. The van der Waals surface area contributed by atoms with Crippen molar-refractivity contribution >= 4 is 17.5 Å². The van der Waals surface area contributed by atoms with Crippen LogP contribution < -0.4 is 0 Å². The van der Waals surface area contributed by atoms with Crippen LogP contribution in [0, 0.1) is 0 Å². The van der Waals surface area contributed by atoms with E-state index in [-0.39, 0.29) is 11.7 Å². The monoisotopic (exact) mass is 317 g/mol. The average molecular weight is 318 g/mol. The second-order valence-electron chi connectivity index (χ2n) is 5.15. The second-order valence-corrected chi connectivity index (χ2v) is 5.56. The largest absolute Gasteiger partial charge is 0.506 e. The van der Waals surface area contributed by atoms with Crippen molar-refractivity contribution in [1.29, 1.82) is 0 Å². The quantitative estimate of drug-likeness (QED) is 0.925. The van der Waals surface area contributed by atoms with Gasteiger partial charge in [-0.05, 0) is 35.4 Å². The normalized spacial score (nSPS) is 14.9. The number of morpholine rings is 1. The summed E-state index contributed by atoms with van der Waals surface area (Å²) < 4.78 is 5.26. The van der Waals surface area contributed by atoms with E-state index in [4.69, 9.17) is 16.3 Å². The van der Waals surface area contributed by atoms with Gasteiger partial charge in [-0.3, -0.25) is 4.79 Å². The predicted octanol–water partition coefficient (Wildman–Crippen LogP) is 3.19. The van der Waals surface area contributed by atoms with Crippen molar-refractivity contribution in [1.82, 2.24) is 4.90 Å². The molecule has 0 radical (unpaired) electrons. The van der Waals surface area contributed by atoms with Crippen LogP contribution in [0.5, 0.6) is 5.75 Å².